The number of amides is 1. The van der Waals surface area contributed by atoms with Gasteiger partial charge in [0.15, 0.2) is 6.10 Å². The standard InChI is InChI=1S/C13H15ClN2O4/c1-19-13(18)11-7-16(2-3-20-11)12(17)8-4-9(14)6-10(15)5-8/h4-6,11H,2-3,7,15H2,1H3. The Labute approximate surface area is 121 Å². The molecule has 0 aromatic heterocycles. The fourth-order valence-electron chi connectivity index (χ4n) is 2.03. The number of carbonyl (C=O) groups excluding carboxylic acids is 2. The first-order valence-electron chi connectivity index (χ1n) is 6.06. The molecule has 1 heterocycles. The molecule has 7 heteroatoms. The molecule has 0 aliphatic carbocycles. The average Bonchev–Trinajstić information content (AvgIpc) is 2.44. The highest BCUT2D eigenvalue weighted by molar-refractivity contribution is 6.31. The van der Waals surface area contributed by atoms with Crippen LogP contribution in [-0.4, -0.2) is 49.7 Å². The zero-order chi connectivity index (χ0) is 14.7. The van der Waals surface area contributed by atoms with E-state index in [4.69, 9.17) is 22.1 Å². The molecule has 1 fully saturated rings. The Morgan fingerprint density at radius 3 is 2.85 bits per heavy atom. The Hall–Kier alpha value is -1.79. The van der Waals surface area contributed by atoms with Crippen LogP contribution in [0, 0.1) is 0 Å². The molecule has 108 valence electrons. The number of nitrogens with two attached hydrogens (primary N) is 1. The van der Waals surface area contributed by atoms with Crippen molar-refractivity contribution in [2.45, 2.75) is 6.10 Å². The monoisotopic (exact) mass is 298 g/mol. The van der Waals surface area contributed by atoms with Gasteiger partial charge in [0.2, 0.25) is 0 Å². The van der Waals surface area contributed by atoms with E-state index < -0.39 is 12.1 Å². The van der Waals surface area contributed by atoms with Crippen LogP contribution in [0.2, 0.25) is 5.02 Å². The molecular weight excluding hydrogens is 284 g/mol. The largest absolute Gasteiger partial charge is 0.467 e. The van der Waals surface area contributed by atoms with E-state index in [0.29, 0.717) is 22.8 Å². The van der Waals surface area contributed by atoms with Gasteiger partial charge in [-0.3, -0.25) is 4.79 Å². The van der Waals surface area contributed by atoms with Crippen LogP contribution in [0.25, 0.3) is 0 Å². The molecule has 20 heavy (non-hydrogen) atoms. The van der Waals surface area contributed by atoms with E-state index >= 15 is 0 Å². The molecule has 0 radical (unpaired) electrons. The Bertz CT molecular complexity index is 515. The third-order valence-corrected chi connectivity index (χ3v) is 3.20. The number of methoxy groups -OCH3 is 1. The number of carbonyl (C=O) groups is 2. The third-order valence-electron chi connectivity index (χ3n) is 2.98. The van der Waals surface area contributed by atoms with Gasteiger partial charge in [-0.15, -0.1) is 0 Å². The second-order valence-corrected chi connectivity index (χ2v) is 4.84. The number of esters is 1. The van der Waals surface area contributed by atoms with Crippen LogP contribution in [0.15, 0.2) is 18.2 Å². The minimum Gasteiger partial charge on any atom is -0.467 e. The maximum Gasteiger partial charge on any atom is 0.336 e. The van der Waals surface area contributed by atoms with Gasteiger partial charge in [-0.05, 0) is 18.2 Å². The van der Waals surface area contributed by atoms with Gasteiger partial charge >= 0.3 is 5.97 Å². The SMILES string of the molecule is COC(=O)C1CN(C(=O)c2cc(N)cc(Cl)c2)CCO1. The third kappa shape index (κ3) is 3.20. The molecule has 1 aliphatic heterocycles. The van der Waals surface area contributed by atoms with E-state index in [-0.39, 0.29) is 19.1 Å². The molecule has 2 rings (SSSR count). The number of halogens is 1. The maximum absolute atomic E-state index is 12.4. The van der Waals surface area contributed by atoms with Gasteiger partial charge in [0, 0.05) is 22.8 Å². The minimum absolute atomic E-state index is 0.151. The maximum atomic E-state index is 12.4. The first-order valence-corrected chi connectivity index (χ1v) is 6.44. The molecule has 1 atom stereocenters. The molecule has 0 saturated carbocycles. The Kier molecular flexibility index (Phi) is 4.46. The Morgan fingerprint density at radius 2 is 2.20 bits per heavy atom. The molecule has 1 unspecified atom stereocenters. The number of ether oxygens (including phenoxy) is 2. The lowest BCUT2D eigenvalue weighted by atomic mass is 10.1. The molecule has 0 spiro atoms. The summed E-state index contributed by atoms with van der Waals surface area (Å²) in [6.45, 7) is 0.832. The van der Waals surface area contributed by atoms with Crippen molar-refractivity contribution in [1.82, 2.24) is 4.90 Å². The smallest absolute Gasteiger partial charge is 0.336 e. The van der Waals surface area contributed by atoms with Gasteiger partial charge in [0.25, 0.3) is 5.91 Å². The van der Waals surface area contributed by atoms with Crippen molar-refractivity contribution in [3.8, 4) is 0 Å². The fourth-order valence-corrected chi connectivity index (χ4v) is 2.27. The lowest BCUT2D eigenvalue weighted by Crippen LogP contribution is -2.48. The van der Waals surface area contributed by atoms with Crippen molar-refractivity contribution in [2.75, 3.05) is 32.5 Å². The van der Waals surface area contributed by atoms with E-state index in [1.165, 1.54) is 12.0 Å². The van der Waals surface area contributed by atoms with Crippen molar-refractivity contribution < 1.29 is 19.1 Å². The van der Waals surface area contributed by atoms with Crippen molar-refractivity contribution in [3.63, 3.8) is 0 Å². The van der Waals surface area contributed by atoms with Crippen LogP contribution in [-0.2, 0) is 14.3 Å². The topological polar surface area (TPSA) is 81.9 Å². The number of rotatable bonds is 2. The molecule has 1 aromatic rings. The lowest BCUT2D eigenvalue weighted by molar-refractivity contribution is -0.158. The van der Waals surface area contributed by atoms with Gasteiger partial charge in [-0.25, -0.2) is 4.79 Å². The van der Waals surface area contributed by atoms with Crippen LogP contribution < -0.4 is 5.73 Å². The van der Waals surface area contributed by atoms with E-state index in [1.54, 1.807) is 18.2 Å². The van der Waals surface area contributed by atoms with Gasteiger partial charge in [-0.1, -0.05) is 11.6 Å². The Morgan fingerprint density at radius 1 is 1.45 bits per heavy atom. The minimum atomic E-state index is -0.755. The second-order valence-electron chi connectivity index (χ2n) is 4.41. The van der Waals surface area contributed by atoms with E-state index in [9.17, 15) is 9.59 Å². The number of hydrogen-bond acceptors (Lipinski definition) is 5. The van der Waals surface area contributed by atoms with Gasteiger partial charge < -0.3 is 20.1 Å². The number of nitrogen functional groups attached to an aromatic ring is 1. The fraction of sp³-hybridized carbons (Fsp3) is 0.385. The predicted molar refractivity (Wildman–Crippen MR) is 73.5 cm³/mol. The van der Waals surface area contributed by atoms with Gasteiger partial charge in [0.1, 0.15) is 0 Å². The summed E-state index contributed by atoms with van der Waals surface area (Å²) in [4.78, 5) is 25.3. The molecule has 6 nitrogen and oxygen atoms in total. The molecule has 0 bridgehead atoms. The highest BCUT2D eigenvalue weighted by Crippen LogP contribution is 2.19. The normalized spacial score (nSPS) is 18.7. The summed E-state index contributed by atoms with van der Waals surface area (Å²) in [7, 11) is 1.28. The predicted octanol–water partition coefficient (Wildman–Crippen LogP) is 0.936. The van der Waals surface area contributed by atoms with Crippen LogP contribution >= 0.6 is 11.6 Å². The molecule has 1 saturated heterocycles. The highest BCUT2D eigenvalue weighted by Gasteiger charge is 2.30. The van der Waals surface area contributed by atoms with Crippen molar-refractivity contribution in [3.05, 3.63) is 28.8 Å². The van der Waals surface area contributed by atoms with E-state index in [0.717, 1.165) is 0 Å². The summed E-state index contributed by atoms with van der Waals surface area (Å²) in [5, 5.41) is 0.395. The summed E-state index contributed by atoms with van der Waals surface area (Å²) in [5.74, 6) is -0.732. The van der Waals surface area contributed by atoms with Crippen LogP contribution in [0.5, 0.6) is 0 Å². The highest BCUT2D eigenvalue weighted by atomic mass is 35.5. The number of hydrogen-bond donors (Lipinski definition) is 1. The van der Waals surface area contributed by atoms with Gasteiger partial charge in [0.05, 0.1) is 20.3 Å². The van der Waals surface area contributed by atoms with Crippen LogP contribution in [0.3, 0.4) is 0 Å². The summed E-state index contributed by atoms with van der Waals surface area (Å²) in [5.41, 5.74) is 6.47. The Balaban J connectivity index is 2.14. The van der Waals surface area contributed by atoms with Crippen molar-refractivity contribution >= 4 is 29.2 Å². The molecule has 1 amide bonds. The van der Waals surface area contributed by atoms with Crippen LogP contribution in [0.4, 0.5) is 5.69 Å². The zero-order valence-electron chi connectivity index (χ0n) is 11.0. The summed E-state index contributed by atoms with van der Waals surface area (Å²) < 4.78 is 9.89. The number of morpholine rings is 1. The number of nitrogens with zero attached hydrogens (tertiary/aromatic N) is 1. The van der Waals surface area contributed by atoms with E-state index in [2.05, 4.69) is 4.74 Å². The zero-order valence-corrected chi connectivity index (χ0v) is 11.7. The summed E-state index contributed by atoms with van der Waals surface area (Å²) >= 11 is 5.89. The quantitative estimate of drug-likeness (QED) is 0.649. The first kappa shape index (κ1) is 14.6. The van der Waals surface area contributed by atoms with Crippen molar-refractivity contribution in [2.24, 2.45) is 0 Å². The summed E-state index contributed by atoms with van der Waals surface area (Å²) in [6.07, 6.45) is -0.755. The second kappa shape index (κ2) is 6.11. The van der Waals surface area contributed by atoms with Gasteiger partial charge in [-0.2, -0.15) is 0 Å². The number of benzene rings is 1. The molecule has 2 N–H and O–H groups in total. The molecule has 1 aliphatic rings. The summed E-state index contributed by atoms with van der Waals surface area (Å²) in [6, 6.07) is 4.66. The van der Waals surface area contributed by atoms with Crippen molar-refractivity contribution in [1.29, 1.82) is 0 Å². The van der Waals surface area contributed by atoms with E-state index in [1.807, 2.05) is 0 Å². The first-order chi connectivity index (χ1) is 9.51. The molecule has 1 aromatic carbocycles. The van der Waals surface area contributed by atoms with Crippen LogP contribution in [0.1, 0.15) is 10.4 Å². The average molecular weight is 299 g/mol. The lowest BCUT2D eigenvalue weighted by Gasteiger charge is -2.31. The molecular formula is C13H15ClN2O4. The number of anilines is 1.